The summed E-state index contributed by atoms with van der Waals surface area (Å²) in [7, 11) is 6.30. The SMILES string of the molecule is CCCCN(C)C(=O)[C@H]1CCc2c(sc3ncnc(Nc4cc5cn[nH]c5cc4N4CCC(N(C)C)CC4)c23)C1. The summed E-state index contributed by atoms with van der Waals surface area (Å²) in [5, 5.41) is 13.3. The molecule has 2 aliphatic rings. The van der Waals surface area contributed by atoms with E-state index in [1.807, 2.05) is 18.1 Å². The van der Waals surface area contributed by atoms with Crippen LogP contribution in [0.4, 0.5) is 17.2 Å². The summed E-state index contributed by atoms with van der Waals surface area (Å²) in [4.78, 5) is 31.6. The second-order valence-electron chi connectivity index (χ2n) is 11.6. The molecule has 0 unspecified atom stereocenters. The Labute approximate surface area is 240 Å². The number of aromatic nitrogens is 4. The molecule has 6 rings (SSSR count). The maximum Gasteiger partial charge on any atom is 0.225 e. The molecule has 212 valence electrons. The monoisotopic (exact) mass is 560 g/mol. The zero-order chi connectivity index (χ0) is 27.8. The fraction of sp³-hybridized carbons (Fsp3) is 0.533. The minimum absolute atomic E-state index is 0.0481. The molecule has 4 aromatic rings. The number of H-pyrrole nitrogens is 1. The molecule has 4 heterocycles. The first-order chi connectivity index (χ1) is 19.4. The molecule has 10 heteroatoms. The van der Waals surface area contributed by atoms with Crippen LogP contribution in [-0.2, 0) is 17.6 Å². The number of carbonyl (C=O) groups is 1. The molecule has 40 heavy (non-hydrogen) atoms. The minimum Gasteiger partial charge on any atom is -0.370 e. The topological polar surface area (TPSA) is 93.3 Å². The van der Waals surface area contributed by atoms with Gasteiger partial charge in [-0.05, 0) is 70.3 Å². The predicted molar refractivity (Wildman–Crippen MR) is 164 cm³/mol. The standard InChI is InChI=1S/C30H40N8OS/c1-5-6-11-37(4)30(39)19-7-8-22-26(15-19)40-29-27(22)28(31-18-32-29)34-24-14-20-17-33-35-23(20)16-25(24)38-12-9-21(10-13-38)36(2)3/h14,16-19,21H,5-13,15H2,1-4H3,(H,33,35)(H,31,32,34)/t19-/m0/s1. The molecule has 2 N–H and O–H groups in total. The predicted octanol–water partition coefficient (Wildman–Crippen LogP) is 5.21. The Balaban J connectivity index is 1.30. The van der Waals surface area contributed by atoms with Crippen molar-refractivity contribution in [1.82, 2.24) is 30.0 Å². The van der Waals surface area contributed by atoms with Crippen molar-refractivity contribution in [2.75, 3.05) is 51.0 Å². The molecule has 0 bridgehead atoms. The first-order valence-electron chi connectivity index (χ1n) is 14.6. The Bertz CT molecular complexity index is 1500. The van der Waals surface area contributed by atoms with E-state index in [-0.39, 0.29) is 11.8 Å². The van der Waals surface area contributed by atoms with Crippen molar-refractivity contribution in [2.24, 2.45) is 5.92 Å². The van der Waals surface area contributed by atoms with Gasteiger partial charge in [0.05, 0.1) is 28.5 Å². The molecule has 1 amide bonds. The number of rotatable bonds is 8. The van der Waals surface area contributed by atoms with Crippen molar-refractivity contribution in [3.63, 3.8) is 0 Å². The van der Waals surface area contributed by atoms with E-state index in [9.17, 15) is 4.79 Å². The number of unbranched alkanes of at least 4 members (excludes halogenated alkanes) is 1. The summed E-state index contributed by atoms with van der Waals surface area (Å²) in [5.41, 5.74) is 4.56. The lowest BCUT2D eigenvalue weighted by Crippen LogP contribution is -2.42. The van der Waals surface area contributed by atoms with Crippen LogP contribution in [0.25, 0.3) is 21.1 Å². The van der Waals surface area contributed by atoms with E-state index in [1.54, 1.807) is 17.7 Å². The summed E-state index contributed by atoms with van der Waals surface area (Å²) in [5.74, 6) is 1.17. The van der Waals surface area contributed by atoms with Crippen LogP contribution in [0.15, 0.2) is 24.7 Å². The van der Waals surface area contributed by atoms with Gasteiger partial charge in [0.25, 0.3) is 0 Å². The zero-order valence-electron chi connectivity index (χ0n) is 24.0. The molecule has 0 spiro atoms. The van der Waals surface area contributed by atoms with Crippen LogP contribution in [0.2, 0.25) is 0 Å². The third-order valence-electron chi connectivity index (χ3n) is 8.76. The number of carbonyl (C=O) groups excluding carboxylic acids is 1. The van der Waals surface area contributed by atoms with Gasteiger partial charge in [-0.3, -0.25) is 9.89 Å². The summed E-state index contributed by atoms with van der Waals surface area (Å²) < 4.78 is 0. The Hall–Kier alpha value is -3.24. The van der Waals surface area contributed by atoms with Gasteiger partial charge >= 0.3 is 0 Å². The van der Waals surface area contributed by atoms with Crippen LogP contribution < -0.4 is 10.2 Å². The van der Waals surface area contributed by atoms with E-state index in [4.69, 9.17) is 4.98 Å². The van der Waals surface area contributed by atoms with E-state index in [1.165, 1.54) is 16.1 Å². The summed E-state index contributed by atoms with van der Waals surface area (Å²) in [6.07, 6.45) is 10.5. The molecule has 1 fully saturated rings. The summed E-state index contributed by atoms with van der Waals surface area (Å²) in [6.45, 7) is 5.01. The molecular weight excluding hydrogens is 520 g/mol. The average molecular weight is 561 g/mol. The highest BCUT2D eigenvalue weighted by Crippen LogP contribution is 2.42. The highest BCUT2D eigenvalue weighted by Gasteiger charge is 2.31. The number of nitrogens with one attached hydrogen (secondary N) is 2. The molecule has 1 aliphatic carbocycles. The lowest BCUT2D eigenvalue weighted by molar-refractivity contribution is -0.134. The van der Waals surface area contributed by atoms with Crippen LogP contribution in [0, 0.1) is 5.92 Å². The number of amides is 1. The molecular formula is C30H40N8OS. The average Bonchev–Trinajstić information content (AvgIpc) is 3.59. The number of fused-ring (bicyclic) bond motifs is 4. The van der Waals surface area contributed by atoms with E-state index in [0.29, 0.717) is 6.04 Å². The normalized spacial score (nSPS) is 18.0. The van der Waals surface area contributed by atoms with E-state index < -0.39 is 0 Å². The van der Waals surface area contributed by atoms with Crippen molar-refractivity contribution in [1.29, 1.82) is 0 Å². The van der Waals surface area contributed by atoms with Gasteiger partial charge in [0, 0.05) is 48.9 Å². The zero-order valence-corrected chi connectivity index (χ0v) is 24.9. The molecule has 9 nitrogen and oxygen atoms in total. The third-order valence-corrected chi connectivity index (χ3v) is 9.93. The largest absolute Gasteiger partial charge is 0.370 e. The number of thiophene rings is 1. The van der Waals surface area contributed by atoms with Gasteiger partial charge in [0.15, 0.2) is 0 Å². The molecule has 1 saturated heterocycles. The van der Waals surface area contributed by atoms with Gasteiger partial charge < -0.3 is 20.0 Å². The number of aryl methyl sites for hydroxylation is 1. The van der Waals surface area contributed by atoms with E-state index in [0.717, 1.165) is 97.2 Å². The number of aromatic amines is 1. The van der Waals surface area contributed by atoms with Crippen LogP contribution in [-0.4, -0.2) is 82.7 Å². The lowest BCUT2D eigenvalue weighted by atomic mass is 9.87. The lowest BCUT2D eigenvalue weighted by Gasteiger charge is -2.37. The first kappa shape index (κ1) is 27.0. The Morgan fingerprint density at radius 1 is 1.18 bits per heavy atom. The fourth-order valence-corrected chi connectivity index (χ4v) is 7.59. The van der Waals surface area contributed by atoms with Crippen LogP contribution in [0.1, 0.15) is 49.5 Å². The third kappa shape index (κ3) is 5.14. The van der Waals surface area contributed by atoms with Crippen molar-refractivity contribution in [2.45, 2.75) is 57.9 Å². The highest BCUT2D eigenvalue weighted by molar-refractivity contribution is 7.19. The van der Waals surface area contributed by atoms with Crippen LogP contribution in [0.3, 0.4) is 0 Å². The summed E-state index contributed by atoms with van der Waals surface area (Å²) >= 11 is 1.72. The molecule has 1 aromatic carbocycles. The number of nitrogens with zero attached hydrogens (tertiary/aromatic N) is 6. The highest BCUT2D eigenvalue weighted by atomic mass is 32.1. The van der Waals surface area contributed by atoms with Crippen LogP contribution >= 0.6 is 11.3 Å². The van der Waals surface area contributed by atoms with Crippen molar-refractivity contribution < 1.29 is 4.79 Å². The van der Waals surface area contributed by atoms with E-state index >= 15 is 0 Å². The summed E-state index contributed by atoms with van der Waals surface area (Å²) in [6, 6.07) is 5.01. The van der Waals surface area contributed by atoms with Crippen molar-refractivity contribution in [3.05, 3.63) is 35.1 Å². The molecule has 0 radical (unpaired) electrons. The van der Waals surface area contributed by atoms with Gasteiger partial charge in [-0.2, -0.15) is 5.10 Å². The van der Waals surface area contributed by atoms with Gasteiger partial charge in [-0.25, -0.2) is 9.97 Å². The van der Waals surface area contributed by atoms with Crippen molar-refractivity contribution in [3.8, 4) is 0 Å². The number of benzene rings is 1. The quantitative estimate of drug-likeness (QED) is 0.306. The molecule has 1 atom stereocenters. The number of hydrogen-bond donors (Lipinski definition) is 2. The fourth-order valence-electron chi connectivity index (χ4n) is 6.33. The van der Waals surface area contributed by atoms with Gasteiger partial charge in [0.1, 0.15) is 17.0 Å². The molecule has 0 saturated carbocycles. The second-order valence-corrected chi connectivity index (χ2v) is 12.7. The smallest absolute Gasteiger partial charge is 0.225 e. The number of anilines is 3. The maximum absolute atomic E-state index is 13.1. The van der Waals surface area contributed by atoms with Crippen LogP contribution in [0.5, 0.6) is 0 Å². The van der Waals surface area contributed by atoms with E-state index in [2.05, 4.69) is 63.4 Å². The second kappa shape index (κ2) is 11.3. The van der Waals surface area contributed by atoms with Gasteiger partial charge in [0.2, 0.25) is 5.91 Å². The Morgan fingerprint density at radius 2 is 2.00 bits per heavy atom. The van der Waals surface area contributed by atoms with Crippen molar-refractivity contribution >= 4 is 55.6 Å². The first-order valence-corrected chi connectivity index (χ1v) is 15.4. The minimum atomic E-state index is 0.0481. The number of piperidine rings is 1. The molecule has 3 aromatic heterocycles. The maximum atomic E-state index is 13.1. The Morgan fingerprint density at radius 3 is 2.77 bits per heavy atom. The number of hydrogen-bond acceptors (Lipinski definition) is 8. The van der Waals surface area contributed by atoms with Gasteiger partial charge in [-0.1, -0.05) is 13.3 Å². The van der Waals surface area contributed by atoms with Gasteiger partial charge in [-0.15, -0.1) is 11.3 Å². The Kier molecular flexibility index (Phi) is 7.63. The molecule has 1 aliphatic heterocycles.